The summed E-state index contributed by atoms with van der Waals surface area (Å²) >= 11 is 0. The van der Waals surface area contributed by atoms with Gasteiger partial charge in [-0.1, -0.05) is 56.7 Å². The van der Waals surface area contributed by atoms with Crippen LogP contribution in [0.5, 0.6) is 0 Å². The van der Waals surface area contributed by atoms with E-state index in [2.05, 4.69) is 47.8 Å². The predicted octanol–water partition coefficient (Wildman–Crippen LogP) is 7.11. The van der Waals surface area contributed by atoms with Gasteiger partial charge in [-0.05, 0) is 72.9 Å². The number of nitrogen functional groups attached to an aromatic ring is 1. The quantitative estimate of drug-likeness (QED) is 0.578. The lowest BCUT2D eigenvalue weighted by Crippen LogP contribution is -2.16. The monoisotopic (exact) mass is 348 g/mol. The van der Waals surface area contributed by atoms with E-state index in [1.807, 2.05) is 0 Å². The van der Waals surface area contributed by atoms with E-state index in [0.717, 1.165) is 5.69 Å². The van der Waals surface area contributed by atoms with Crippen LogP contribution in [0.25, 0.3) is 0 Å². The Labute approximate surface area is 158 Å². The summed E-state index contributed by atoms with van der Waals surface area (Å²) in [7, 11) is 0. The zero-order valence-electron chi connectivity index (χ0n) is 15.8. The summed E-state index contributed by atoms with van der Waals surface area (Å²) in [4.78, 5) is 0. The van der Waals surface area contributed by atoms with Crippen LogP contribution in [0.2, 0.25) is 0 Å². The fraction of sp³-hybridized carbons (Fsp3) is 0.500. The molecule has 2 nitrogen and oxygen atoms in total. The Morgan fingerprint density at radius 2 is 1.23 bits per heavy atom. The molecule has 138 valence electrons. The summed E-state index contributed by atoms with van der Waals surface area (Å²) in [6, 6.07) is 14.9. The summed E-state index contributed by atoms with van der Waals surface area (Å²) in [6.45, 7) is 0. The molecule has 2 aliphatic rings. The smallest absolute Gasteiger partial charge is 0.0424 e. The van der Waals surface area contributed by atoms with Crippen molar-refractivity contribution in [3.63, 3.8) is 0 Å². The fourth-order valence-corrected chi connectivity index (χ4v) is 5.12. The van der Waals surface area contributed by atoms with Crippen molar-refractivity contribution in [1.82, 2.24) is 0 Å². The first kappa shape index (κ1) is 17.5. The second-order valence-electron chi connectivity index (χ2n) is 8.19. The molecule has 2 aromatic rings. The number of hydrogen-bond acceptors (Lipinski definition) is 2. The lowest BCUT2D eigenvalue weighted by molar-refractivity contribution is 0.420. The van der Waals surface area contributed by atoms with E-state index in [1.54, 1.807) is 5.56 Å². The van der Waals surface area contributed by atoms with E-state index >= 15 is 0 Å². The molecule has 0 aliphatic heterocycles. The molecule has 0 atom stereocenters. The predicted molar refractivity (Wildman–Crippen MR) is 112 cm³/mol. The summed E-state index contributed by atoms with van der Waals surface area (Å²) < 4.78 is 0. The van der Waals surface area contributed by atoms with Gasteiger partial charge in [0.15, 0.2) is 0 Å². The second kappa shape index (κ2) is 8.16. The molecule has 0 heterocycles. The summed E-state index contributed by atoms with van der Waals surface area (Å²) in [5.74, 6) is 1.31. The molecule has 2 fully saturated rings. The average Bonchev–Trinajstić information content (AvgIpc) is 2.71. The Kier molecular flexibility index (Phi) is 5.48. The normalized spacial score (nSPS) is 19.4. The number of rotatable bonds is 4. The van der Waals surface area contributed by atoms with Crippen molar-refractivity contribution in [3.05, 3.63) is 53.6 Å². The Balaban J connectivity index is 1.76. The number of anilines is 3. The molecule has 0 unspecified atom stereocenters. The van der Waals surface area contributed by atoms with Crippen molar-refractivity contribution in [3.8, 4) is 0 Å². The van der Waals surface area contributed by atoms with Gasteiger partial charge in [0.25, 0.3) is 0 Å². The largest absolute Gasteiger partial charge is 0.398 e. The third kappa shape index (κ3) is 3.75. The minimum Gasteiger partial charge on any atom is -0.398 e. The van der Waals surface area contributed by atoms with Crippen molar-refractivity contribution in [2.45, 2.75) is 76.0 Å². The van der Waals surface area contributed by atoms with Crippen LogP contribution in [-0.4, -0.2) is 0 Å². The molecule has 2 aromatic carbocycles. The van der Waals surface area contributed by atoms with Crippen LogP contribution in [-0.2, 0) is 0 Å². The average molecular weight is 349 g/mol. The Morgan fingerprint density at radius 3 is 1.85 bits per heavy atom. The number of nitrogens with two attached hydrogens (primary N) is 1. The molecule has 0 aromatic heterocycles. The molecule has 4 rings (SSSR count). The van der Waals surface area contributed by atoms with E-state index < -0.39 is 0 Å². The van der Waals surface area contributed by atoms with Gasteiger partial charge in [0.1, 0.15) is 0 Å². The van der Waals surface area contributed by atoms with Crippen molar-refractivity contribution in [2.75, 3.05) is 11.1 Å². The molecular weight excluding hydrogens is 316 g/mol. The van der Waals surface area contributed by atoms with Crippen molar-refractivity contribution in [2.24, 2.45) is 0 Å². The van der Waals surface area contributed by atoms with Crippen molar-refractivity contribution < 1.29 is 0 Å². The number of benzene rings is 2. The third-order valence-corrected chi connectivity index (χ3v) is 6.40. The molecule has 0 bridgehead atoms. The number of nitrogens with one attached hydrogen (secondary N) is 1. The molecule has 0 amide bonds. The van der Waals surface area contributed by atoms with Crippen LogP contribution in [0, 0.1) is 0 Å². The van der Waals surface area contributed by atoms with Crippen LogP contribution in [0.4, 0.5) is 17.1 Å². The van der Waals surface area contributed by atoms with Crippen molar-refractivity contribution in [1.29, 1.82) is 0 Å². The van der Waals surface area contributed by atoms with Crippen LogP contribution >= 0.6 is 0 Å². The lowest BCUT2D eigenvalue weighted by atomic mass is 9.74. The molecule has 2 heteroatoms. The molecule has 2 aliphatic carbocycles. The molecule has 2 saturated carbocycles. The standard InChI is InChI=1S/C24H32N2/c25-21-16-17-22(26-20-14-8-3-9-15-20)24(19-12-6-2-7-13-19)23(21)18-10-4-1-5-11-18/h3,8-9,14-19,26H,1-2,4-7,10-13,25H2. The van der Waals surface area contributed by atoms with Crippen LogP contribution < -0.4 is 11.1 Å². The first-order valence-electron chi connectivity index (χ1n) is 10.6. The van der Waals surface area contributed by atoms with Crippen LogP contribution in [0.15, 0.2) is 42.5 Å². The highest BCUT2D eigenvalue weighted by Gasteiger charge is 2.28. The number of para-hydroxylation sites is 1. The van der Waals surface area contributed by atoms with Gasteiger partial charge in [0.2, 0.25) is 0 Å². The highest BCUT2D eigenvalue weighted by molar-refractivity contribution is 5.71. The Hall–Kier alpha value is -1.96. The zero-order valence-corrected chi connectivity index (χ0v) is 15.8. The van der Waals surface area contributed by atoms with Gasteiger partial charge in [-0.25, -0.2) is 0 Å². The Bertz CT molecular complexity index is 710. The third-order valence-electron chi connectivity index (χ3n) is 6.40. The van der Waals surface area contributed by atoms with E-state index in [9.17, 15) is 0 Å². The summed E-state index contributed by atoms with van der Waals surface area (Å²) in [5, 5.41) is 3.72. The van der Waals surface area contributed by atoms with E-state index in [4.69, 9.17) is 5.73 Å². The minimum absolute atomic E-state index is 0.651. The summed E-state index contributed by atoms with van der Waals surface area (Å²) in [6.07, 6.45) is 13.4. The highest BCUT2D eigenvalue weighted by Crippen LogP contribution is 2.46. The van der Waals surface area contributed by atoms with Gasteiger partial charge in [0.05, 0.1) is 0 Å². The zero-order chi connectivity index (χ0) is 17.8. The van der Waals surface area contributed by atoms with Gasteiger partial charge < -0.3 is 11.1 Å². The minimum atomic E-state index is 0.651. The van der Waals surface area contributed by atoms with Crippen LogP contribution in [0.1, 0.15) is 87.2 Å². The van der Waals surface area contributed by atoms with Gasteiger partial charge in [-0.3, -0.25) is 0 Å². The Morgan fingerprint density at radius 1 is 0.654 bits per heavy atom. The van der Waals surface area contributed by atoms with E-state index in [-0.39, 0.29) is 0 Å². The van der Waals surface area contributed by atoms with Gasteiger partial charge in [-0.15, -0.1) is 0 Å². The molecule has 26 heavy (non-hydrogen) atoms. The fourth-order valence-electron chi connectivity index (χ4n) is 5.12. The second-order valence-corrected chi connectivity index (χ2v) is 8.19. The highest BCUT2D eigenvalue weighted by atomic mass is 14.9. The lowest BCUT2D eigenvalue weighted by Gasteiger charge is -2.32. The maximum atomic E-state index is 6.59. The van der Waals surface area contributed by atoms with Crippen LogP contribution in [0.3, 0.4) is 0 Å². The van der Waals surface area contributed by atoms with Crippen molar-refractivity contribution >= 4 is 17.1 Å². The van der Waals surface area contributed by atoms with Gasteiger partial charge in [-0.2, -0.15) is 0 Å². The summed E-state index contributed by atoms with van der Waals surface area (Å²) in [5.41, 5.74) is 13.1. The molecule has 0 radical (unpaired) electrons. The van der Waals surface area contributed by atoms with Gasteiger partial charge in [0, 0.05) is 17.1 Å². The number of hydrogen-bond donors (Lipinski definition) is 2. The van der Waals surface area contributed by atoms with Gasteiger partial charge >= 0.3 is 0 Å². The first-order chi connectivity index (χ1) is 12.8. The molecule has 0 saturated heterocycles. The maximum absolute atomic E-state index is 6.59. The first-order valence-corrected chi connectivity index (χ1v) is 10.6. The SMILES string of the molecule is Nc1ccc(Nc2ccccc2)c(C2CCCCC2)c1C1CCCCC1. The maximum Gasteiger partial charge on any atom is 0.0424 e. The molecule has 3 N–H and O–H groups in total. The molecule has 0 spiro atoms. The van der Waals surface area contributed by atoms with E-state index in [0.29, 0.717) is 11.8 Å². The molecular formula is C24H32N2. The topological polar surface area (TPSA) is 38.0 Å². The van der Waals surface area contributed by atoms with E-state index in [1.165, 1.54) is 81.1 Å².